The number of unbranched alkanes of at least 4 members (excludes halogenated alkanes) is 4. The molecule has 1 unspecified atom stereocenters. The second-order valence-corrected chi connectivity index (χ2v) is 5.09. The zero-order valence-corrected chi connectivity index (χ0v) is 16.0. The number of methoxy groups -OCH3 is 1. The molecule has 0 amide bonds. The van der Waals surface area contributed by atoms with Crippen molar-refractivity contribution in [3.8, 4) is 0 Å². The third-order valence-electron chi connectivity index (χ3n) is 3.17. The quantitative estimate of drug-likeness (QED) is 0.242. The summed E-state index contributed by atoms with van der Waals surface area (Å²) in [7, 11) is 3.59. The van der Waals surface area contributed by atoms with Gasteiger partial charge in [0.05, 0.1) is 0 Å². The van der Waals surface area contributed by atoms with Gasteiger partial charge < -0.3 is 15.4 Å². The van der Waals surface area contributed by atoms with Gasteiger partial charge in [-0.05, 0) is 32.6 Å². The first-order valence-electron chi connectivity index (χ1n) is 7.70. The summed E-state index contributed by atoms with van der Waals surface area (Å²) >= 11 is 0. The van der Waals surface area contributed by atoms with Gasteiger partial charge >= 0.3 is 0 Å². The summed E-state index contributed by atoms with van der Waals surface area (Å²) < 4.78 is 5.03. The molecule has 0 aromatic heterocycles. The smallest absolute Gasteiger partial charge is 0.191 e. The van der Waals surface area contributed by atoms with Crippen molar-refractivity contribution < 1.29 is 4.74 Å². The van der Waals surface area contributed by atoms with Gasteiger partial charge in [-0.1, -0.05) is 26.2 Å². The van der Waals surface area contributed by atoms with E-state index in [1.807, 2.05) is 7.05 Å². The van der Waals surface area contributed by atoms with Crippen molar-refractivity contribution in [3.63, 3.8) is 0 Å². The van der Waals surface area contributed by atoms with Crippen LogP contribution in [0.25, 0.3) is 0 Å². The molecule has 0 aromatic carbocycles. The Morgan fingerprint density at radius 3 is 2.50 bits per heavy atom. The van der Waals surface area contributed by atoms with Crippen LogP contribution in [-0.2, 0) is 4.74 Å². The van der Waals surface area contributed by atoms with E-state index in [1.165, 1.54) is 32.1 Å². The highest BCUT2D eigenvalue weighted by Crippen LogP contribution is 2.02. The van der Waals surface area contributed by atoms with Gasteiger partial charge in [0.15, 0.2) is 5.96 Å². The van der Waals surface area contributed by atoms with E-state index in [4.69, 9.17) is 4.74 Å². The molecule has 0 saturated heterocycles. The summed E-state index contributed by atoms with van der Waals surface area (Å²) in [6.45, 7) is 6.30. The van der Waals surface area contributed by atoms with Gasteiger partial charge in [0.25, 0.3) is 0 Å². The Morgan fingerprint density at radius 1 is 1.15 bits per heavy atom. The van der Waals surface area contributed by atoms with Crippen LogP contribution in [0.5, 0.6) is 0 Å². The predicted molar refractivity (Wildman–Crippen MR) is 99.2 cm³/mol. The molecule has 20 heavy (non-hydrogen) atoms. The molecule has 0 heterocycles. The Hall–Kier alpha value is -0.0400. The zero-order chi connectivity index (χ0) is 14.3. The van der Waals surface area contributed by atoms with Crippen LogP contribution in [0.3, 0.4) is 0 Å². The van der Waals surface area contributed by atoms with Crippen LogP contribution in [0.15, 0.2) is 4.99 Å². The molecule has 0 saturated carbocycles. The number of guanidine groups is 1. The molecule has 0 spiro atoms. The second kappa shape index (κ2) is 17.0. The summed E-state index contributed by atoms with van der Waals surface area (Å²) in [6, 6.07) is 0.492. The molecule has 0 radical (unpaired) electrons. The number of nitrogens with one attached hydrogen (secondary N) is 2. The largest absolute Gasteiger partial charge is 0.385 e. The minimum Gasteiger partial charge on any atom is -0.385 e. The third-order valence-corrected chi connectivity index (χ3v) is 3.17. The van der Waals surface area contributed by atoms with Crippen molar-refractivity contribution in [3.05, 3.63) is 0 Å². The molecular formula is C15H34IN3O. The van der Waals surface area contributed by atoms with Crippen molar-refractivity contribution in [1.29, 1.82) is 0 Å². The van der Waals surface area contributed by atoms with Gasteiger partial charge in [0.2, 0.25) is 0 Å². The third kappa shape index (κ3) is 14.4. The average molecular weight is 399 g/mol. The Balaban J connectivity index is 0. The van der Waals surface area contributed by atoms with E-state index in [0.29, 0.717) is 6.04 Å². The van der Waals surface area contributed by atoms with Gasteiger partial charge in [-0.15, -0.1) is 24.0 Å². The lowest BCUT2D eigenvalue weighted by molar-refractivity contribution is 0.192. The SMILES string of the molecule is CCCCCC(C)NC(=NC)NCCCCCOC.I. The molecule has 0 bridgehead atoms. The molecule has 0 fully saturated rings. The minimum atomic E-state index is 0. The maximum absolute atomic E-state index is 5.03. The standard InChI is InChI=1S/C15H33N3O.HI/c1-5-6-8-11-14(2)18-15(16-3)17-12-9-7-10-13-19-4;/h14H,5-13H2,1-4H3,(H2,16,17,18);1H. The van der Waals surface area contributed by atoms with Crippen LogP contribution in [0.4, 0.5) is 0 Å². The molecule has 0 aliphatic carbocycles. The molecule has 122 valence electrons. The molecular weight excluding hydrogens is 365 g/mol. The summed E-state index contributed by atoms with van der Waals surface area (Å²) in [5, 5.41) is 6.81. The van der Waals surface area contributed by atoms with Gasteiger partial charge in [-0.25, -0.2) is 0 Å². The molecule has 1 atom stereocenters. The van der Waals surface area contributed by atoms with Crippen molar-refractivity contribution >= 4 is 29.9 Å². The van der Waals surface area contributed by atoms with E-state index in [1.54, 1.807) is 7.11 Å². The van der Waals surface area contributed by atoms with Crippen molar-refractivity contribution in [2.45, 2.75) is 64.8 Å². The van der Waals surface area contributed by atoms with Crippen LogP contribution in [0.2, 0.25) is 0 Å². The molecule has 0 aliphatic rings. The highest BCUT2D eigenvalue weighted by molar-refractivity contribution is 14.0. The van der Waals surface area contributed by atoms with E-state index in [-0.39, 0.29) is 24.0 Å². The number of halogens is 1. The minimum absolute atomic E-state index is 0. The van der Waals surface area contributed by atoms with Gasteiger partial charge in [-0.2, -0.15) is 0 Å². The first kappa shape index (κ1) is 22.2. The van der Waals surface area contributed by atoms with Gasteiger partial charge in [-0.3, -0.25) is 4.99 Å². The predicted octanol–water partition coefficient (Wildman–Crippen LogP) is 3.55. The highest BCUT2D eigenvalue weighted by Gasteiger charge is 2.04. The Bertz CT molecular complexity index is 225. The monoisotopic (exact) mass is 399 g/mol. The van der Waals surface area contributed by atoms with Crippen LogP contribution in [0.1, 0.15) is 58.8 Å². The number of aliphatic imine (C=N–C) groups is 1. The van der Waals surface area contributed by atoms with Crippen molar-refractivity contribution in [1.82, 2.24) is 10.6 Å². The topological polar surface area (TPSA) is 45.7 Å². The number of hydrogen-bond donors (Lipinski definition) is 2. The number of nitrogens with zero attached hydrogens (tertiary/aromatic N) is 1. The highest BCUT2D eigenvalue weighted by atomic mass is 127. The second-order valence-electron chi connectivity index (χ2n) is 5.09. The van der Waals surface area contributed by atoms with E-state index in [2.05, 4.69) is 29.5 Å². The lowest BCUT2D eigenvalue weighted by Gasteiger charge is -2.17. The molecule has 4 nitrogen and oxygen atoms in total. The lowest BCUT2D eigenvalue weighted by Crippen LogP contribution is -2.42. The summed E-state index contributed by atoms with van der Waals surface area (Å²) in [4.78, 5) is 4.26. The molecule has 0 rings (SSSR count). The van der Waals surface area contributed by atoms with Crippen LogP contribution in [0, 0.1) is 0 Å². The maximum Gasteiger partial charge on any atom is 0.191 e. The first-order chi connectivity index (χ1) is 9.24. The number of ether oxygens (including phenoxy) is 1. The maximum atomic E-state index is 5.03. The Labute approximate surface area is 142 Å². The lowest BCUT2D eigenvalue weighted by atomic mass is 10.1. The fourth-order valence-electron chi connectivity index (χ4n) is 1.96. The van der Waals surface area contributed by atoms with E-state index in [0.717, 1.165) is 32.0 Å². The molecule has 5 heteroatoms. The molecule has 2 N–H and O–H groups in total. The fraction of sp³-hybridized carbons (Fsp3) is 0.933. The van der Waals surface area contributed by atoms with E-state index in [9.17, 15) is 0 Å². The van der Waals surface area contributed by atoms with Crippen LogP contribution < -0.4 is 10.6 Å². The van der Waals surface area contributed by atoms with E-state index < -0.39 is 0 Å². The van der Waals surface area contributed by atoms with Crippen molar-refractivity contribution in [2.75, 3.05) is 27.3 Å². The number of rotatable bonds is 11. The van der Waals surface area contributed by atoms with Gasteiger partial charge in [0, 0.05) is 33.4 Å². The summed E-state index contributed by atoms with van der Waals surface area (Å²) in [6.07, 6.45) is 8.59. The first-order valence-corrected chi connectivity index (χ1v) is 7.70. The Morgan fingerprint density at radius 2 is 1.90 bits per heavy atom. The van der Waals surface area contributed by atoms with Crippen LogP contribution >= 0.6 is 24.0 Å². The summed E-state index contributed by atoms with van der Waals surface area (Å²) in [5.41, 5.74) is 0. The van der Waals surface area contributed by atoms with E-state index >= 15 is 0 Å². The summed E-state index contributed by atoms with van der Waals surface area (Å²) in [5.74, 6) is 0.927. The molecule has 0 aliphatic heterocycles. The van der Waals surface area contributed by atoms with Gasteiger partial charge in [0.1, 0.15) is 0 Å². The Kier molecular flexibility index (Phi) is 18.9. The van der Waals surface area contributed by atoms with Crippen LogP contribution in [-0.4, -0.2) is 39.3 Å². The van der Waals surface area contributed by atoms with Crippen molar-refractivity contribution in [2.24, 2.45) is 4.99 Å². The fourth-order valence-corrected chi connectivity index (χ4v) is 1.96. The normalized spacial score (nSPS) is 12.7. The average Bonchev–Trinajstić information content (AvgIpc) is 2.41. The zero-order valence-electron chi connectivity index (χ0n) is 13.7. The molecule has 0 aromatic rings. The number of hydrogen-bond acceptors (Lipinski definition) is 2.